The Kier molecular flexibility index (Phi) is 5.54. The maximum atomic E-state index is 12.0. The molecule has 0 saturated carbocycles. The van der Waals surface area contributed by atoms with Crippen LogP contribution in [0.15, 0.2) is 57.4 Å². The van der Waals surface area contributed by atoms with Gasteiger partial charge < -0.3 is 18.9 Å². The molecule has 1 amide bonds. The first-order chi connectivity index (χ1) is 13.4. The van der Waals surface area contributed by atoms with Gasteiger partial charge in [0, 0.05) is 11.5 Å². The predicted octanol–water partition coefficient (Wildman–Crippen LogP) is 3.37. The number of amides is 1. The minimum Gasteiger partial charge on any atom is -0.459 e. The third kappa shape index (κ3) is 4.64. The minimum atomic E-state index is -0.786. The Morgan fingerprint density at radius 3 is 2.75 bits per heavy atom. The van der Waals surface area contributed by atoms with E-state index in [0.29, 0.717) is 11.3 Å². The van der Waals surface area contributed by atoms with E-state index in [-0.39, 0.29) is 5.76 Å². The van der Waals surface area contributed by atoms with E-state index in [1.54, 1.807) is 6.92 Å². The number of fused-ring (bicyclic) bond motifs is 1. The summed E-state index contributed by atoms with van der Waals surface area (Å²) in [5, 5.41) is 14.1. The first-order valence-electron chi connectivity index (χ1n) is 8.29. The minimum absolute atomic E-state index is 0.117. The van der Waals surface area contributed by atoms with E-state index >= 15 is 0 Å². The number of rotatable bonds is 7. The third-order valence-corrected chi connectivity index (χ3v) is 3.77. The summed E-state index contributed by atoms with van der Waals surface area (Å²) in [4.78, 5) is 33.4. The summed E-state index contributed by atoms with van der Waals surface area (Å²) in [7, 11) is 0. The van der Waals surface area contributed by atoms with Crippen molar-refractivity contribution < 1.29 is 28.1 Å². The van der Waals surface area contributed by atoms with Crippen molar-refractivity contribution in [2.75, 3.05) is 6.61 Å². The molecule has 1 N–H and O–H groups in total. The summed E-state index contributed by atoms with van der Waals surface area (Å²) in [6, 6.07) is 11.4. The molecule has 9 heteroatoms. The largest absolute Gasteiger partial charge is 0.459 e. The first-order valence-corrected chi connectivity index (χ1v) is 8.29. The lowest BCUT2D eigenvalue weighted by Gasteiger charge is -2.11. The molecule has 0 bridgehead atoms. The van der Waals surface area contributed by atoms with Crippen molar-refractivity contribution in [3.8, 4) is 0 Å². The summed E-state index contributed by atoms with van der Waals surface area (Å²) >= 11 is 0. The van der Waals surface area contributed by atoms with E-state index in [0.717, 1.165) is 17.5 Å². The molecule has 0 radical (unpaired) electrons. The highest BCUT2D eigenvalue weighted by Crippen LogP contribution is 2.23. The standard InChI is InChI=1S/C19H16N2O7/c1-12(16-10-13-4-2-3-5-15(13)28-16)20-17(22)11-26-19(23)9-7-14-6-8-18(27-14)21(24)25/h2-10,12H,11H2,1H3,(H,20,22)/b9-7+/t12-/m0/s1. The molecule has 3 rings (SSSR count). The number of esters is 1. The Morgan fingerprint density at radius 1 is 1.25 bits per heavy atom. The van der Waals surface area contributed by atoms with Gasteiger partial charge in [0.15, 0.2) is 6.61 Å². The maximum Gasteiger partial charge on any atom is 0.433 e. The van der Waals surface area contributed by atoms with Crippen molar-refractivity contribution in [1.29, 1.82) is 0 Å². The summed E-state index contributed by atoms with van der Waals surface area (Å²) in [5.41, 5.74) is 0.716. The van der Waals surface area contributed by atoms with Gasteiger partial charge in [0.05, 0.1) is 12.1 Å². The Balaban J connectivity index is 1.48. The van der Waals surface area contributed by atoms with Gasteiger partial charge in [-0.05, 0) is 31.2 Å². The molecule has 1 aromatic carbocycles. The first kappa shape index (κ1) is 18.9. The van der Waals surface area contributed by atoms with Crippen molar-refractivity contribution in [1.82, 2.24) is 5.32 Å². The highest BCUT2D eigenvalue weighted by atomic mass is 16.6. The van der Waals surface area contributed by atoms with Crippen LogP contribution in [0.1, 0.15) is 24.5 Å². The molecule has 144 valence electrons. The zero-order chi connectivity index (χ0) is 20.1. The Labute approximate surface area is 158 Å². The fourth-order valence-electron chi connectivity index (χ4n) is 2.43. The molecule has 0 unspecified atom stereocenters. The number of nitrogens with zero attached hydrogens (tertiary/aromatic N) is 1. The van der Waals surface area contributed by atoms with Gasteiger partial charge in [0.2, 0.25) is 0 Å². The molecule has 28 heavy (non-hydrogen) atoms. The number of benzene rings is 1. The predicted molar refractivity (Wildman–Crippen MR) is 98.1 cm³/mol. The topological polar surface area (TPSA) is 125 Å². The van der Waals surface area contributed by atoms with Crippen LogP contribution in [-0.2, 0) is 14.3 Å². The highest BCUT2D eigenvalue weighted by molar-refractivity contribution is 5.89. The average Bonchev–Trinajstić information content (AvgIpc) is 3.31. The summed E-state index contributed by atoms with van der Waals surface area (Å²) in [5.74, 6) is -1.02. The van der Waals surface area contributed by atoms with Crippen LogP contribution in [0.25, 0.3) is 17.0 Å². The van der Waals surface area contributed by atoms with Crippen LogP contribution < -0.4 is 5.32 Å². The van der Waals surface area contributed by atoms with Gasteiger partial charge in [-0.25, -0.2) is 4.79 Å². The molecule has 3 aromatic rings. The molecular formula is C19H16N2O7. The van der Waals surface area contributed by atoms with Crippen LogP contribution in [0, 0.1) is 10.1 Å². The smallest absolute Gasteiger partial charge is 0.433 e. The lowest BCUT2D eigenvalue weighted by Crippen LogP contribution is -2.30. The van der Waals surface area contributed by atoms with Gasteiger partial charge in [0.1, 0.15) is 22.0 Å². The fraction of sp³-hybridized carbons (Fsp3) is 0.158. The molecular weight excluding hydrogens is 368 g/mol. The van der Waals surface area contributed by atoms with Crippen LogP contribution in [0.4, 0.5) is 5.88 Å². The monoisotopic (exact) mass is 384 g/mol. The molecule has 0 spiro atoms. The second-order valence-corrected chi connectivity index (χ2v) is 5.85. The number of hydrogen-bond donors (Lipinski definition) is 1. The van der Waals surface area contributed by atoms with Crippen LogP contribution >= 0.6 is 0 Å². The third-order valence-electron chi connectivity index (χ3n) is 3.77. The fourth-order valence-corrected chi connectivity index (χ4v) is 2.43. The van der Waals surface area contributed by atoms with Crippen molar-refractivity contribution in [2.24, 2.45) is 0 Å². The second kappa shape index (κ2) is 8.21. The lowest BCUT2D eigenvalue weighted by molar-refractivity contribution is -0.402. The van der Waals surface area contributed by atoms with E-state index in [2.05, 4.69) is 5.32 Å². The highest BCUT2D eigenvalue weighted by Gasteiger charge is 2.15. The number of carbonyl (C=O) groups is 2. The summed E-state index contributed by atoms with van der Waals surface area (Å²) < 4.78 is 15.4. The van der Waals surface area contributed by atoms with Crippen molar-refractivity contribution in [3.05, 3.63) is 70.2 Å². The maximum absolute atomic E-state index is 12.0. The van der Waals surface area contributed by atoms with Gasteiger partial charge >= 0.3 is 11.9 Å². The second-order valence-electron chi connectivity index (χ2n) is 5.85. The van der Waals surface area contributed by atoms with E-state index in [4.69, 9.17) is 13.6 Å². The van der Waals surface area contributed by atoms with Crippen LogP contribution in [0.5, 0.6) is 0 Å². The van der Waals surface area contributed by atoms with Crippen molar-refractivity contribution in [3.63, 3.8) is 0 Å². The molecule has 2 heterocycles. The Bertz CT molecular complexity index is 1010. The molecule has 0 fully saturated rings. The number of furan rings is 2. The van der Waals surface area contributed by atoms with Gasteiger partial charge in [0.25, 0.3) is 5.91 Å². The average molecular weight is 384 g/mol. The van der Waals surface area contributed by atoms with Crippen LogP contribution in [0.3, 0.4) is 0 Å². The molecule has 1 atom stereocenters. The molecule has 9 nitrogen and oxygen atoms in total. The van der Waals surface area contributed by atoms with E-state index in [1.807, 2.05) is 30.3 Å². The molecule has 0 aliphatic rings. The van der Waals surface area contributed by atoms with Crippen molar-refractivity contribution >= 4 is 34.8 Å². The molecule has 0 aliphatic carbocycles. The molecule has 0 aliphatic heterocycles. The quantitative estimate of drug-likeness (QED) is 0.286. The van der Waals surface area contributed by atoms with Crippen molar-refractivity contribution in [2.45, 2.75) is 13.0 Å². The molecule has 0 saturated heterocycles. The van der Waals surface area contributed by atoms with E-state index in [9.17, 15) is 19.7 Å². The van der Waals surface area contributed by atoms with Crippen LogP contribution in [-0.4, -0.2) is 23.4 Å². The van der Waals surface area contributed by atoms with Gasteiger partial charge in [-0.3, -0.25) is 14.9 Å². The zero-order valence-corrected chi connectivity index (χ0v) is 14.8. The SMILES string of the molecule is C[C@H](NC(=O)COC(=O)/C=C/c1ccc([N+](=O)[O-])o1)c1cc2ccccc2o1. The van der Waals surface area contributed by atoms with Gasteiger partial charge in [-0.1, -0.05) is 18.2 Å². The van der Waals surface area contributed by atoms with Gasteiger partial charge in [-0.15, -0.1) is 0 Å². The summed E-state index contributed by atoms with van der Waals surface area (Å²) in [6.45, 7) is 1.27. The zero-order valence-electron chi connectivity index (χ0n) is 14.8. The number of hydrogen-bond acceptors (Lipinski definition) is 7. The summed E-state index contributed by atoms with van der Waals surface area (Å²) in [6.07, 6.45) is 2.22. The van der Waals surface area contributed by atoms with Crippen LogP contribution in [0.2, 0.25) is 0 Å². The number of nitrogens with one attached hydrogen (secondary N) is 1. The number of para-hydroxylation sites is 1. The van der Waals surface area contributed by atoms with E-state index in [1.165, 1.54) is 12.1 Å². The number of ether oxygens (including phenoxy) is 1. The number of nitro groups is 1. The lowest BCUT2D eigenvalue weighted by atomic mass is 10.2. The van der Waals surface area contributed by atoms with Gasteiger partial charge in [-0.2, -0.15) is 0 Å². The normalized spacial score (nSPS) is 12.2. The Morgan fingerprint density at radius 2 is 2.04 bits per heavy atom. The Hall–Kier alpha value is -3.88. The number of carbonyl (C=O) groups excluding carboxylic acids is 2. The van der Waals surface area contributed by atoms with E-state index < -0.39 is 35.3 Å². The molecule has 2 aromatic heterocycles.